The molecule has 0 aliphatic heterocycles. The fraction of sp³-hybridized carbons (Fsp3) is 0.0698. The highest BCUT2D eigenvalue weighted by Gasteiger charge is 2.36. The number of nitrogens with zero attached hydrogens (tertiary/aromatic N) is 1. The molecule has 0 bridgehead atoms. The molecule has 0 unspecified atom stereocenters. The van der Waals surface area contributed by atoms with Crippen molar-refractivity contribution in [3.63, 3.8) is 0 Å². The van der Waals surface area contributed by atoms with Gasteiger partial charge in [-0.05, 0) is 74.6 Å². The summed E-state index contributed by atoms with van der Waals surface area (Å²) in [6, 6.07) is 50.5. The maximum atomic E-state index is 10.3. The van der Waals surface area contributed by atoms with Crippen LogP contribution in [0.3, 0.4) is 0 Å². The summed E-state index contributed by atoms with van der Waals surface area (Å²) >= 11 is 0. The van der Waals surface area contributed by atoms with Gasteiger partial charge in [0, 0.05) is 27.3 Å². The molecule has 1 heterocycles. The Kier molecular flexibility index (Phi) is 6.38. The number of rotatable bonds is 5. The molecule has 4 nitrogen and oxygen atoms in total. The molecule has 7 aromatic carbocycles. The van der Waals surface area contributed by atoms with Crippen LogP contribution in [0.2, 0.25) is 0 Å². The van der Waals surface area contributed by atoms with Gasteiger partial charge in [0.05, 0.1) is 11.4 Å². The average Bonchev–Trinajstić information content (AvgIpc) is 3.61. The topological polar surface area (TPSA) is 56.8 Å². The van der Waals surface area contributed by atoms with Crippen LogP contribution < -0.4 is 10.4 Å². The Bertz CT molecular complexity index is 2530. The monoisotopic (exact) mass is 621 g/mol. The van der Waals surface area contributed by atoms with Gasteiger partial charge in [-0.1, -0.05) is 129 Å². The van der Waals surface area contributed by atoms with E-state index >= 15 is 0 Å². The molecular weight excluding hydrogens is 589 g/mol. The van der Waals surface area contributed by atoms with Gasteiger partial charge in [0.2, 0.25) is 0 Å². The molecular formula is C43H32BNO3. The SMILES string of the molecule is CC1(C)c2ccccc2-c2cc(N(c3cccc4c(-c5ccccc5)cccc34)c3cccc4c3oc3cccc(B(O)O)c34)ccc21. The molecule has 0 spiro atoms. The van der Waals surface area contributed by atoms with Crippen molar-refractivity contribution in [3.8, 4) is 22.3 Å². The summed E-state index contributed by atoms with van der Waals surface area (Å²) < 4.78 is 6.62. The van der Waals surface area contributed by atoms with E-state index in [1.54, 1.807) is 12.1 Å². The molecule has 0 fully saturated rings. The largest absolute Gasteiger partial charge is 0.489 e. The van der Waals surface area contributed by atoms with Crippen molar-refractivity contribution in [1.29, 1.82) is 0 Å². The summed E-state index contributed by atoms with van der Waals surface area (Å²) in [5.41, 5.74) is 11.9. The Morgan fingerprint density at radius 2 is 1.23 bits per heavy atom. The number of hydrogen-bond acceptors (Lipinski definition) is 4. The fourth-order valence-electron chi connectivity index (χ4n) is 7.86. The van der Waals surface area contributed by atoms with Crippen LogP contribution >= 0.6 is 0 Å². The lowest BCUT2D eigenvalue weighted by atomic mass is 9.77. The molecule has 48 heavy (non-hydrogen) atoms. The van der Waals surface area contributed by atoms with Crippen molar-refractivity contribution in [3.05, 3.63) is 157 Å². The molecule has 9 rings (SSSR count). The van der Waals surface area contributed by atoms with E-state index in [9.17, 15) is 10.0 Å². The van der Waals surface area contributed by atoms with Crippen molar-refractivity contribution >= 4 is 62.4 Å². The van der Waals surface area contributed by atoms with E-state index in [2.05, 4.69) is 128 Å². The summed E-state index contributed by atoms with van der Waals surface area (Å²) in [7, 11) is -1.62. The molecule has 1 aliphatic rings. The molecule has 1 aliphatic carbocycles. The highest BCUT2D eigenvalue weighted by Crippen LogP contribution is 2.52. The minimum absolute atomic E-state index is 0.112. The number of furan rings is 1. The molecule has 0 saturated heterocycles. The maximum absolute atomic E-state index is 10.3. The van der Waals surface area contributed by atoms with Crippen LogP contribution in [0.1, 0.15) is 25.0 Å². The van der Waals surface area contributed by atoms with Gasteiger partial charge in [0.15, 0.2) is 5.58 Å². The van der Waals surface area contributed by atoms with E-state index in [1.807, 2.05) is 24.3 Å². The highest BCUT2D eigenvalue weighted by atomic mass is 16.4. The van der Waals surface area contributed by atoms with Crippen LogP contribution in [0.15, 0.2) is 150 Å². The van der Waals surface area contributed by atoms with Crippen LogP contribution in [0.4, 0.5) is 17.1 Å². The summed E-state index contributed by atoms with van der Waals surface area (Å²) in [6.45, 7) is 4.60. The summed E-state index contributed by atoms with van der Waals surface area (Å²) in [5, 5.41) is 24.4. The maximum Gasteiger partial charge on any atom is 0.489 e. The van der Waals surface area contributed by atoms with Crippen molar-refractivity contribution < 1.29 is 14.5 Å². The van der Waals surface area contributed by atoms with E-state index in [0.717, 1.165) is 38.8 Å². The molecule has 0 atom stereocenters. The zero-order valence-corrected chi connectivity index (χ0v) is 26.7. The van der Waals surface area contributed by atoms with E-state index in [0.29, 0.717) is 22.0 Å². The number of hydrogen-bond donors (Lipinski definition) is 2. The fourth-order valence-corrected chi connectivity index (χ4v) is 7.86. The van der Waals surface area contributed by atoms with Crippen LogP contribution in [0.5, 0.6) is 0 Å². The van der Waals surface area contributed by atoms with Crippen molar-refractivity contribution in [1.82, 2.24) is 0 Å². The lowest BCUT2D eigenvalue weighted by Crippen LogP contribution is -2.30. The Balaban J connectivity index is 1.35. The lowest BCUT2D eigenvalue weighted by Gasteiger charge is -2.28. The van der Waals surface area contributed by atoms with Gasteiger partial charge in [-0.3, -0.25) is 0 Å². The summed E-state index contributed by atoms with van der Waals surface area (Å²) in [5.74, 6) is 0. The molecule has 230 valence electrons. The quantitative estimate of drug-likeness (QED) is 0.188. The molecule has 0 radical (unpaired) electrons. The minimum Gasteiger partial charge on any atom is -0.454 e. The predicted octanol–water partition coefficient (Wildman–Crippen LogP) is 9.86. The second-order valence-electron chi connectivity index (χ2n) is 13.1. The van der Waals surface area contributed by atoms with Gasteiger partial charge >= 0.3 is 7.12 Å². The number of anilines is 3. The number of fused-ring (bicyclic) bond motifs is 7. The van der Waals surface area contributed by atoms with Gasteiger partial charge in [0.25, 0.3) is 0 Å². The first-order valence-corrected chi connectivity index (χ1v) is 16.3. The van der Waals surface area contributed by atoms with Crippen molar-refractivity contribution in [2.24, 2.45) is 0 Å². The molecule has 5 heteroatoms. The first kappa shape index (κ1) is 28.6. The van der Waals surface area contributed by atoms with E-state index in [1.165, 1.54) is 27.8 Å². The molecule has 0 amide bonds. The van der Waals surface area contributed by atoms with Gasteiger partial charge in [0.1, 0.15) is 5.58 Å². The molecule has 1 aromatic heterocycles. The van der Waals surface area contributed by atoms with Crippen LogP contribution in [0.25, 0.3) is 55.0 Å². The summed E-state index contributed by atoms with van der Waals surface area (Å²) in [4.78, 5) is 2.30. The van der Waals surface area contributed by atoms with Crippen LogP contribution in [-0.2, 0) is 5.41 Å². The first-order valence-electron chi connectivity index (χ1n) is 16.3. The number of para-hydroxylation sites is 1. The second-order valence-corrected chi connectivity index (χ2v) is 13.1. The predicted molar refractivity (Wildman–Crippen MR) is 199 cm³/mol. The van der Waals surface area contributed by atoms with Gasteiger partial charge in [-0.2, -0.15) is 0 Å². The van der Waals surface area contributed by atoms with Gasteiger partial charge < -0.3 is 19.4 Å². The van der Waals surface area contributed by atoms with E-state index in [4.69, 9.17) is 4.42 Å². The van der Waals surface area contributed by atoms with E-state index in [-0.39, 0.29) is 5.41 Å². The lowest BCUT2D eigenvalue weighted by molar-refractivity contribution is 0.426. The Hall–Kier alpha value is -5.62. The normalized spacial score (nSPS) is 13.2. The molecule has 8 aromatic rings. The van der Waals surface area contributed by atoms with Crippen LogP contribution in [-0.4, -0.2) is 17.2 Å². The average molecular weight is 622 g/mol. The first-order chi connectivity index (χ1) is 23.4. The van der Waals surface area contributed by atoms with E-state index < -0.39 is 7.12 Å². The van der Waals surface area contributed by atoms with Crippen LogP contribution in [0, 0.1) is 0 Å². The zero-order chi connectivity index (χ0) is 32.6. The third-order valence-electron chi connectivity index (χ3n) is 10.1. The zero-order valence-electron chi connectivity index (χ0n) is 26.7. The standard InChI is InChI=1S/C43H32BNO3/c1-43(2)35-19-7-6-14-31(35)34-26-28(24-25-36(34)43)45(38-21-9-16-30-29(15-8-17-32(30)38)27-12-4-3-5-13-27)39-22-10-18-33-41-37(44(46)47)20-11-23-40(41)48-42(33)39/h3-26,46-47H,1-2H3. The smallest absolute Gasteiger partial charge is 0.454 e. The Morgan fingerprint density at radius 1 is 0.562 bits per heavy atom. The summed E-state index contributed by atoms with van der Waals surface area (Å²) in [6.07, 6.45) is 0. The Labute approximate surface area is 279 Å². The minimum atomic E-state index is -1.62. The number of benzene rings is 7. The van der Waals surface area contributed by atoms with Gasteiger partial charge in [-0.15, -0.1) is 0 Å². The highest BCUT2D eigenvalue weighted by molar-refractivity contribution is 6.62. The van der Waals surface area contributed by atoms with Crippen molar-refractivity contribution in [2.75, 3.05) is 4.90 Å². The second kappa shape index (κ2) is 10.7. The third kappa shape index (κ3) is 4.18. The van der Waals surface area contributed by atoms with Gasteiger partial charge in [-0.25, -0.2) is 0 Å². The molecule has 2 N–H and O–H groups in total. The van der Waals surface area contributed by atoms with Crippen molar-refractivity contribution in [2.45, 2.75) is 19.3 Å². The third-order valence-corrected chi connectivity index (χ3v) is 10.1. The molecule has 0 saturated carbocycles. The Morgan fingerprint density at radius 3 is 2.06 bits per heavy atom.